The average molecular weight is 330 g/mol. The molecule has 0 heterocycles. The van der Waals surface area contributed by atoms with Crippen LogP contribution in [0.3, 0.4) is 0 Å². The number of hydrogen-bond acceptors (Lipinski definition) is 1. The Morgan fingerprint density at radius 2 is 1.94 bits per heavy atom. The molecule has 94 valence electrons. The molecule has 1 nitrogen and oxygen atoms in total. The zero-order chi connectivity index (χ0) is 13.1. The van der Waals surface area contributed by atoms with Gasteiger partial charge in [-0.05, 0) is 29.3 Å². The lowest BCUT2D eigenvalue weighted by Crippen LogP contribution is -2.03. The number of halogens is 3. The van der Waals surface area contributed by atoms with E-state index in [0.29, 0.717) is 12.0 Å². The van der Waals surface area contributed by atoms with Crippen LogP contribution < -0.4 is 0 Å². The first kappa shape index (κ1) is 13.5. The highest BCUT2D eigenvalue weighted by atomic mass is 79.9. The van der Waals surface area contributed by atoms with Gasteiger partial charge in [0.15, 0.2) is 0 Å². The van der Waals surface area contributed by atoms with Crippen LogP contribution in [-0.4, -0.2) is 5.11 Å². The van der Waals surface area contributed by atoms with Crippen LogP contribution in [-0.2, 0) is 6.42 Å². The number of hydrogen-bond donors (Lipinski definition) is 1. The van der Waals surface area contributed by atoms with Gasteiger partial charge in [-0.1, -0.05) is 51.8 Å². The molecule has 2 aromatic carbocycles. The zero-order valence-electron chi connectivity index (χ0n) is 9.41. The van der Waals surface area contributed by atoms with Crippen molar-refractivity contribution >= 4 is 27.5 Å². The van der Waals surface area contributed by atoms with Gasteiger partial charge in [-0.25, -0.2) is 4.39 Å². The fraction of sp³-hybridized carbons (Fsp3) is 0.143. The van der Waals surface area contributed by atoms with E-state index in [1.807, 2.05) is 24.3 Å². The van der Waals surface area contributed by atoms with Gasteiger partial charge in [0.2, 0.25) is 0 Å². The van der Waals surface area contributed by atoms with Gasteiger partial charge in [0.25, 0.3) is 0 Å². The summed E-state index contributed by atoms with van der Waals surface area (Å²) in [5, 5.41) is 10.1. The van der Waals surface area contributed by atoms with Gasteiger partial charge < -0.3 is 5.11 Å². The van der Waals surface area contributed by atoms with E-state index >= 15 is 0 Å². The summed E-state index contributed by atoms with van der Waals surface area (Å²) in [5.41, 5.74) is 1.49. The number of rotatable bonds is 3. The maximum absolute atomic E-state index is 13.3. The van der Waals surface area contributed by atoms with Crippen molar-refractivity contribution in [3.63, 3.8) is 0 Å². The van der Waals surface area contributed by atoms with Gasteiger partial charge in [0.05, 0.1) is 11.1 Å². The van der Waals surface area contributed by atoms with Crippen molar-refractivity contribution in [2.24, 2.45) is 0 Å². The lowest BCUT2D eigenvalue weighted by Gasteiger charge is -2.12. The van der Waals surface area contributed by atoms with Gasteiger partial charge in [-0.2, -0.15) is 0 Å². The molecule has 18 heavy (non-hydrogen) atoms. The standard InChI is InChI=1S/C14H11BrClFO/c15-11-4-2-1-3-9(11)8-14(18)10-5-6-12(16)13(17)7-10/h1-7,14,18H,8H2. The molecule has 1 atom stereocenters. The van der Waals surface area contributed by atoms with E-state index < -0.39 is 11.9 Å². The van der Waals surface area contributed by atoms with Crippen molar-refractivity contribution in [1.29, 1.82) is 0 Å². The smallest absolute Gasteiger partial charge is 0.142 e. The van der Waals surface area contributed by atoms with Crippen LogP contribution >= 0.6 is 27.5 Å². The average Bonchev–Trinajstić information content (AvgIpc) is 2.35. The molecular weight excluding hydrogens is 319 g/mol. The molecule has 0 saturated carbocycles. The normalized spacial score (nSPS) is 12.4. The molecule has 0 aliphatic rings. The molecule has 1 N–H and O–H groups in total. The third-order valence-corrected chi connectivity index (χ3v) is 3.78. The van der Waals surface area contributed by atoms with Crippen LogP contribution in [0.5, 0.6) is 0 Å². The predicted molar refractivity (Wildman–Crippen MR) is 74.2 cm³/mol. The SMILES string of the molecule is OC(Cc1ccccc1Br)c1ccc(Cl)c(F)c1. The first-order valence-corrected chi connectivity index (χ1v) is 6.61. The van der Waals surface area contributed by atoms with Crippen molar-refractivity contribution in [2.75, 3.05) is 0 Å². The number of aliphatic hydroxyl groups is 1. The third kappa shape index (κ3) is 3.10. The second-order valence-corrected chi connectivity index (χ2v) is 5.25. The van der Waals surface area contributed by atoms with Crippen LogP contribution in [0.2, 0.25) is 5.02 Å². The molecule has 0 fully saturated rings. The van der Waals surface area contributed by atoms with Crippen molar-refractivity contribution in [1.82, 2.24) is 0 Å². The van der Waals surface area contributed by atoms with E-state index in [1.165, 1.54) is 12.1 Å². The molecule has 2 rings (SSSR count). The van der Waals surface area contributed by atoms with Crippen molar-refractivity contribution in [2.45, 2.75) is 12.5 Å². The molecule has 0 saturated heterocycles. The fourth-order valence-corrected chi connectivity index (χ4v) is 2.27. The van der Waals surface area contributed by atoms with Gasteiger partial charge >= 0.3 is 0 Å². The van der Waals surface area contributed by atoms with Gasteiger partial charge in [-0.15, -0.1) is 0 Å². The molecule has 0 radical (unpaired) electrons. The Morgan fingerprint density at radius 1 is 1.22 bits per heavy atom. The Bertz CT molecular complexity index is 559. The van der Waals surface area contributed by atoms with Crippen LogP contribution in [0.15, 0.2) is 46.9 Å². The Morgan fingerprint density at radius 3 is 2.61 bits per heavy atom. The molecule has 0 amide bonds. The highest BCUT2D eigenvalue weighted by molar-refractivity contribution is 9.10. The summed E-state index contributed by atoms with van der Waals surface area (Å²) in [6.45, 7) is 0. The Hall–Kier alpha value is -0.900. The maximum atomic E-state index is 13.3. The zero-order valence-corrected chi connectivity index (χ0v) is 11.7. The van der Waals surface area contributed by atoms with E-state index in [1.54, 1.807) is 6.07 Å². The van der Waals surface area contributed by atoms with E-state index in [-0.39, 0.29) is 5.02 Å². The molecule has 0 spiro atoms. The van der Waals surface area contributed by atoms with Crippen LogP contribution in [0.1, 0.15) is 17.2 Å². The summed E-state index contributed by atoms with van der Waals surface area (Å²) in [6, 6.07) is 12.0. The minimum absolute atomic E-state index is 0.0619. The van der Waals surface area contributed by atoms with Crippen molar-refractivity contribution < 1.29 is 9.50 Å². The quantitative estimate of drug-likeness (QED) is 0.878. The third-order valence-electron chi connectivity index (χ3n) is 2.70. The number of aliphatic hydroxyl groups excluding tert-OH is 1. The summed E-state index contributed by atoms with van der Waals surface area (Å²) in [4.78, 5) is 0. The molecule has 0 aliphatic heterocycles. The maximum Gasteiger partial charge on any atom is 0.142 e. The fourth-order valence-electron chi connectivity index (χ4n) is 1.71. The van der Waals surface area contributed by atoms with Crippen LogP contribution in [0.25, 0.3) is 0 Å². The molecule has 0 aliphatic carbocycles. The molecule has 0 aromatic heterocycles. The highest BCUT2D eigenvalue weighted by Gasteiger charge is 2.12. The first-order chi connectivity index (χ1) is 8.58. The summed E-state index contributed by atoms with van der Waals surface area (Å²) < 4.78 is 14.2. The summed E-state index contributed by atoms with van der Waals surface area (Å²) >= 11 is 9.02. The monoisotopic (exact) mass is 328 g/mol. The Kier molecular flexibility index (Phi) is 4.38. The van der Waals surface area contributed by atoms with Crippen LogP contribution in [0.4, 0.5) is 4.39 Å². The second-order valence-electron chi connectivity index (χ2n) is 3.98. The van der Waals surface area contributed by atoms with Crippen LogP contribution in [0, 0.1) is 5.82 Å². The predicted octanol–water partition coefficient (Wildman–Crippen LogP) is 4.52. The van der Waals surface area contributed by atoms with Gasteiger partial charge in [0.1, 0.15) is 5.82 Å². The Labute approximate surface area is 118 Å². The highest BCUT2D eigenvalue weighted by Crippen LogP contribution is 2.25. The molecule has 2 aromatic rings. The minimum Gasteiger partial charge on any atom is -0.388 e. The topological polar surface area (TPSA) is 20.2 Å². The van der Waals surface area contributed by atoms with E-state index in [2.05, 4.69) is 15.9 Å². The summed E-state index contributed by atoms with van der Waals surface area (Å²) in [5.74, 6) is -0.514. The first-order valence-electron chi connectivity index (χ1n) is 5.44. The summed E-state index contributed by atoms with van der Waals surface area (Å²) in [6.07, 6.45) is -0.335. The minimum atomic E-state index is -0.754. The Balaban J connectivity index is 2.19. The largest absolute Gasteiger partial charge is 0.388 e. The van der Waals surface area contributed by atoms with E-state index in [9.17, 15) is 9.50 Å². The molecule has 0 bridgehead atoms. The molecular formula is C14H11BrClFO. The molecule has 4 heteroatoms. The van der Waals surface area contributed by atoms with Crippen molar-refractivity contribution in [3.8, 4) is 0 Å². The van der Waals surface area contributed by atoms with Gasteiger partial charge in [-0.3, -0.25) is 0 Å². The second kappa shape index (κ2) is 5.83. The lowest BCUT2D eigenvalue weighted by atomic mass is 10.0. The van der Waals surface area contributed by atoms with E-state index in [4.69, 9.17) is 11.6 Å². The molecule has 1 unspecified atom stereocenters. The summed E-state index contributed by atoms with van der Waals surface area (Å²) in [7, 11) is 0. The van der Waals surface area contributed by atoms with Gasteiger partial charge in [0, 0.05) is 10.9 Å². The lowest BCUT2D eigenvalue weighted by molar-refractivity contribution is 0.178. The van der Waals surface area contributed by atoms with E-state index in [0.717, 1.165) is 10.0 Å². The van der Waals surface area contributed by atoms with Crippen molar-refractivity contribution in [3.05, 3.63) is 68.9 Å². The number of benzene rings is 2.